The topological polar surface area (TPSA) is 137 Å². The number of nitriles is 1. The average Bonchev–Trinajstić information content (AvgIpc) is 3.50. The monoisotopic (exact) mass is 697 g/mol. The van der Waals surface area contributed by atoms with Crippen molar-refractivity contribution >= 4 is 55.8 Å². The van der Waals surface area contributed by atoms with Crippen molar-refractivity contribution in [1.82, 2.24) is 24.4 Å². The number of anilines is 1. The summed E-state index contributed by atoms with van der Waals surface area (Å²) in [6.45, 7) is 3.11. The van der Waals surface area contributed by atoms with Gasteiger partial charge in [-0.25, -0.2) is 14.8 Å². The molecule has 0 saturated carbocycles. The van der Waals surface area contributed by atoms with E-state index in [4.69, 9.17) is 16.3 Å². The van der Waals surface area contributed by atoms with Crippen molar-refractivity contribution in [1.29, 1.82) is 5.26 Å². The van der Waals surface area contributed by atoms with E-state index in [2.05, 4.69) is 21.0 Å². The fraction of sp³-hybridized carbons (Fsp3) is 0.312. The summed E-state index contributed by atoms with van der Waals surface area (Å²) in [6, 6.07) is 8.93. The molecule has 6 rings (SSSR count). The van der Waals surface area contributed by atoms with Crippen LogP contribution in [0.2, 0.25) is 5.02 Å². The number of nitrogens with zero attached hydrogens (tertiary/aromatic N) is 7. The molecule has 0 amide bonds. The highest BCUT2D eigenvalue weighted by molar-refractivity contribution is 7.18. The van der Waals surface area contributed by atoms with Gasteiger partial charge in [-0.3, -0.25) is 19.2 Å². The Morgan fingerprint density at radius 3 is 2.62 bits per heavy atom. The van der Waals surface area contributed by atoms with Crippen molar-refractivity contribution in [2.45, 2.75) is 26.1 Å². The predicted octanol–water partition coefficient (Wildman–Crippen LogP) is 5.75. The molecule has 1 saturated heterocycles. The molecule has 0 aliphatic carbocycles. The van der Waals surface area contributed by atoms with Crippen LogP contribution in [-0.2, 0) is 6.54 Å². The number of carboxylic acid groups (broad SMARTS) is 1. The van der Waals surface area contributed by atoms with Gasteiger partial charge in [-0.1, -0.05) is 11.6 Å². The van der Waals surface area contributed by atoms with E-state index in [1.807, 2.05) is 0 Å². The van der Waals surface area contributed by atoms with E-state index in [0.717, 1.165) is 0 Å². The lowest BCUT2D eigenvalue weighted by Crippen LogP contribution is -2.47. The van der Waals surface area contributed by atoms with Gasteiger partial charge in [-0.05, 0) is 31.2 Å². The van der Waals surface area contributed by atoms with Gasteiger partial charge < -0.3 is 14.7 Å². The molecule has 0 spiro atoms. The summed E-state index contributed by atoms with van der Waals surface area (Å²) >= 11 is 7.59. The summed E-state index contributed by atoms with van der Waals surface area (Å²) in [5.41, 5.74) is 1.63. The summed E-state index contributed by atoms with van der Waals surface area (Å²) in [5, 5.41) is 21.8. The second-order valence-corrected chi connectivity index (χ2v) is 12.4. The summed E-state index contributed by atoms with van der Waals surface area (Å²) in [4.78, 5) is 42.3. The Balaban J connectivity index is 1.25. The fourth-order valence-electron chi connectivity index (χ4n) is 5.77. The zero-order valence-electron chi connectivity index (χ0n) is 25.4. The van der Waals surface area contributed by atoms with Gasteiger partial charge in [0.15, 0.2) is 0 Å². The molecule has 48 heavy (non-hydrogen) atoms. The van der Waals surface area contributed by atoms with Crippen LogP contribution in [0.4, 0.5) is 19.0 Å². The van der Waals surface area contributed by atoms with Crippen molar-refractivity contribution in [2.24, 2.45) is 0 Å². The molecule has 0 bridgehead atoms. The van der Waals surface area contributed by atoms with Crippen LogP contribution in [0.15, 0.2) is 46.8 Å². The van der Waals surface area contributed by atoms with Crippen LogP contribution in [0.5, 0.6) is 5.75 Å². The number of halogens is 4. The molecule has 248 valence electrons. The van der Waals surface area contributed by atoms with Crippen LogP contribution < -0.4 is 15.2 Å². The van der Waals surface area contributed by atoms with Crippen molar-refractivity contribution in [3.05, 3.63) is 74.4 Å². The Morgan fingerprint density at radius 2 is 1.92 bits per heavy atom. The highest BCUT2D eigenvalue weighted by Gasteiger charge is 2.30. The lowest BCUT2D eigenvalue weighted by atomic mass is 10.0. The third kappa shape index (κ3) is 6.64. The zero-order valence-corrected chi connectivity index (χ0v) is 27.0. The minimum atomic E-state index is -4.23. The first-order valence-electron chi connectivity index (χ1n) is 14.8. The largest absolute Gasteiger partial charge is 0.491 e. The van der Waals surface area contributed by atoms with Crippen LogP contribution in [-0.4, -0.2) is 81.0 Å². The van der Waals surface area contributed by atoms with Crippen molar-refractivity contribution in [2.75, 3.05) is 44.2 Å². The molecule has 11 nitrogen and oxygen atoms in total. The van der Waals surface area contributed by atoms with E-state index in [-0.39, 0.29) is 41.7 Å². The summed E-state index contributed by atoms with van der Waals surface area (Å²) < 4.78 is 46.3. The number of pyridine rings is 2. The first-order valence-corrected chi connectivity index (χ1v) is 16.1. The van der Waals surface area contributed by atoms with E-state index < -0.39 is 24.1 Å². The third-order valence-corrected chi connectivity index (χ3v) is 9.39. The summed E-state index contributed by atoms with van der Waals surface area (Å²) in [7, 11) is 0. The highest BCUT2D eigenvalue weighted by atomic mass is 35.5. The molecular formula is C32H27ClF3N7O4S. The van der Waals surface area contributed by atoms with E-state index in [1.165, 1.54) is 33.7 Å². The first kappa shape index (κ1) is 33.1. The van der Waals surface area contributed by atoms with E-state index in [1.54, 1.807) is 41.0 Å². The molecule has 5 heterocycles. The predicted molar refractivity (Wildman–Crippen MR) is 175 cm³/mol. The molecule has 4 aromatic heterocycles. The van der Waals surface area contributed by atoms with Crippen molar-refractivity contribution < 1.29 is 27.8 Å². The van der Waals surface area contributed by atoms with Crippen molar-refractivity contribution in [3.8, 4) is 22.9 Å². The highest BCUT2D eigenvalue weighted by Crippen LogP contribution is 2.39. The minimum absolute atomic E-state index is 0.0430. The number of carboxylic acids is 1. The molecule has 1 aliphatic heterocycles. The number of piperazine rings is 1. The number of fused-ring (bicyclic) bond motifs is 2. The number of hydrogen-bond acceptors (Lipinski definition) is 10. The van der Waals surface area contributed by atoms with Crippen LogP contribution >= 0.6 is 22.9 Å². The van der Waals surface area contributed by atoms with E-state index >= 15 is 0 Å². The number of alkyl halides is 3. The number of hydrogen-bond donors (Lipinski definition) is 1. The molecule has 16 heteroatoms. The number of aryl methyl sites for hydroxylation is 1. The van der Waals surface area contributed by atoms with Gasteiger partial charge >= 0.3 is 12.1 Å². The Hall–Kier alpha value is -4.78. The fourth-order valence-corrected chi connectivity index (χ4v) is 6.97. The van der Waals surface area contributed by atoms with Gasteiger partial charge in [-0.2, -0.15) is 18.4 Å². The molecule has 1 aromatic carbocycles. The van der Waals surface area contributed by atoms with Crippen LogP contribution in [0.3, 0.4) is 0 Å². The third-order valence-electron chi connectivity index (χ3n) is 8.15. The molecule has 0 radical (unpaired) electrons. The number of benzene rings is 1. The second kappa shape index (κ2) is 13.4. The molecule has 1 aliphatic rings. The maximum Gasteiger partial charge on any atom is 0.390 e. The normalized spacial score (nSPS) is 14.0. The standard InChI is InChI=1S/C32H27ClF3N7O4S/c1-18-40-24-16-39-29(42-10-8-41(9-11-42)7-5-32(34,35)36)22(15-37)26(24)30(44)43(18)12-13-47-25-3-2-19(33)14-21(25)20-4-6-38-27-23(31(45)46)17-48-28(20)27/h2-4,6,14,16-17H,5,7-13H2,1H3,(H,45,46). The van der Waals surface area contributed by atoms with Gasteiger partial charge in [0.05, 0.1) is 45.8 Å². The Kier molecular flexibility index (Phi) is 9.24. The molecule has 5 aromatic rings. The van der Waals surface area contributed by atoms with Gasteiger partial charge in [0.1, 0.15) is 35.6 Å². The molecule has 1 N–H and O–H groups in total. The minimum Gasteiger partial charge on any atom is -0.491 e. The van der Waals surface area contributed by atoms with Gasteiger partial charge in [0.25, 0.3) is 5.56 Å². The van der Waals surface area contributed by atoms with Gasteiger partial charge in [0.2, 0.25) is 0 Å². The smallest absolute Gasteiger partial charge is 0.390 e. The summed E-state index contributed by atoms with van der Waals surface area (Å²) in [5.74, 6) is 0.0540. The number of rotatable bonds is 9. The molecule has 0 unspecified atom stereocenters. The number of carbonyl (C=O) groups is 1. The number of aromatic nitrogens is 4. The second-order valence-electron chi connectivity index (χ2n) is 11.1. The Bertz CT molecular complexity index is 2140. The lowest BCUT2D eigenvalue weighted by molar-refractivity contribution is -0.138. The van der Waals surface area contributed by atoms with Crippen LogP contribution in [0.25, 0.3) is 32.2 Å². The van der Waals surface area contributed by atoms with E-state index in [9.17, 15) is 33.1 Å². The quantitative estimate of drug-likeness (QED) is 0.203. The van der Waals surface area contributed by atoms with Crippen LogP contribution in [0, 0.1) is 18.3 Å². The number of aromatic carboxylic acids is 1. The van der Waals surface area contributed by atoms with Crippen LogP contribution in [0.1, 0.15) is 28.2 Å². The molecule has 1 fully saturated rings. The first-order chi connectivity index (χ1) is 22.9. The Labute approximate surface area is 280 Å². The zero-order chi connectivity index (χ0) is 34.2. The Morgan fingerprint density at radius 1 is 1.15 bits per heavy atom. The summed E-state index contributed by atoms with van der Waals surface area (Å²) in [6.07, 6.45) is -2.17. The number of thiophene rings is 1. The molecular weight excluding hydrogens is 671 g/mol. The lowest BCUT2D eigenvalue weighted by Gasteiger charge is -2.35. The average molecular weight is 698 g/mol. The maximum absolute atomic E-state index is 13.9. The van der Waals surface area contributed by atoms with Gasteiger partial charge in [-0.15, -0.1) is 11.3 Å². The van der Waals surface area contributed by atoms with E-state index in [0.29, 0.717) is 69.9 Å². The van der Waals surface area contributed by atoms with Crippen molar-refractivity contribution in [3.63, 3.8) is 0 Å². The number of ether oxygens (including phenoxy) is 1. The SMILES string of the molecule is Cc1nc2cnc(N3CCN(CCC(F)(F)F)CC3)c(C#N)c2c(=O)n1CCOc1ccc(Cl)cc1-c1ccnc2c(C(=O)O)csc12. The van der Waals surface area contributed by atoms with Gasteiger partial charge in [0, 0.05) is 60.5 Å². The molecule has 0 atom stereocenters. The maximum atomic E-state index is 13.9.